The molecule has 5 nitrogen and oxygen atoms in total. The highest BCUT2D eigenvalue weighted by Crippen LogP contribution is 2.39. The number of nitrogens with zero attached hydrogens (tertiary/aromatic N) is 2. The molecule has 1 heterocycles. The Kier molecular flexibility index (Phi) is 7.48. The van der Waals surface area contributed by atoms with Crippen molar-refractivity contribution in [1.29, 1.82) is 0 Å². The second-order valence-corrected chi connectivity index (χ2v) is 9.47. The van der Waals surface area contributed by atoms with Crippen molar-refractivity contribution >= 4 is 11.7 Å². The van der Waals surface area contributed by atoms with E-state index in [0.29, 0.717) is 23.1 Å². The first-order valence-corrected chi connectivity index (χ1v) is 11.9. The van der Waals surface area contributed by atoms with E-state index >= 15 is 0 Å². The predicted octanol–water partition coefficient (Wildman–Crippen LogP) is 4.89. The smallest absolute Gasteiger partial charge is 0.343 e. The van der Waals surface area contributed by atoms with Gasteiger partial charge in [0, 0.05) is 25.3 Å². The molecule has 32 heavy (non-hydrogen) atoms. The summed E-state index contributed by atoms with van der Waals surface area (Å²) < 4.78 is 11.3. The molecule has 1 aliphatic heterocycles. The van der Waals surface area contributed by atoms with Crippen molar-refractivity contribution in [2.45, 2.75) is 38.5 Å². The van der Waals surface area contributed by atoms with E-state index in [9.17, 15) is 4.79 Å². The molecule has 1 saturated carbocycles. The van der Waals surface area contributed by atoms with Gasteiger partial charge >= 0.3 is 5.97 Å². The molecule has 1 saturated heterocycles. The molecule has 0 N–H and O–H groups in total. The Bertz CT molecular complexity index is 921. The van der Waals surface area contributed by atoms with E-state index in [2.05, 4.69) is 42.1 Å². The Morgan fingerprint density at radius 1 is 1.09 bits per heavy atom. The van der Waals surface area contributed by atoms with Crippen LogP contribution < -0.4 is 9.64 Å². The lowest BCUT2D eigenvalue weighted by Gasteiger charge is -2.34. The van der Waals surface area contributed by atoms with Gasteiger partial charge in [0.15, 0.2) is 0 Å². The van der Waals surface area contributed by atoms with Crippen LogP contribution in [0.25, 0.3) is 0 Å². The highest BCUT2D eigenvalue weighted by molar-refractivity contribution is 5.93. The van der Waals surface area contributed by atoms with Crippen LogP contribution in [0.1, 0.15) is 53.1 Å². The average molecular weight is 437 g/mol. The molecule has 5 heteroatoms. The summed E-state index contributed by atoms with van der Waals surface area (Å²) in [6.07, 6.45) is 5.05. The number of aryl methyl sites for hydroxylation is 1. The molecule has 0 amide bonds. The molecule has 2 fully saturated rings. The lowest BCUT2D eigenvalue weighted by atomic mass is 9.75. The molecule has 4 rings (SSSR count). The number of ether oxygens (including phenoxy) is 2. The van der Waals surface area contributed by atoms with Gasteiger partial charge in [0.2, 0.25) is 0 Å². The van der Waals surface area contributed by atoms with Gasteiger partial charge in [-0.1, -0.05) is 25.0 Å². The fourth-order valence-corrected chi connectivity index (χ4v) is 5.20. The highest BCUT2D eigenvalue weighted by Gasteiger charge is 2.27. The Hall–Kier alpha value is -2.37. The van der Waals surface area contributed by atoms with E-state index in [1.807, 2.05) is 31.2 Å². The van der Waals surface area contributed by atoms with Gasteiger partial charge in [-0.2, -0.15) is 0 Å². The molecule has 0 bridgehead atoms. The third-order valence-electron chi connectivity index (χ3n) is 6.81. The molecule has 2 aromatic rings. The van der Waals surface area contributed by atoms with Crippen LogP contribution in [-0.4, -0.2) is 57.8 Å². The quantitative estimate of drug-likeness (QED) is 0.477. The number of rotatable bonds is 6. The predicted molar refractivity (Wildman–Crippen MR) is 129 cm³/mol. The summed E-state index contributed by atoms with van der Waals surface area (Å²) >= 11 is 0. The van der Waals surface area contributed by atoms with Gasteiger partial charge in [0.1, 0.15) is 5.75 Å². The standard InChI is InChI=1S/C27H36N2O3/c1-20-17-23(29-13-15-31-16-14-29)11-12-25(20)27(30)32-24-9-6-8-21(18-24)26-10-5-4-7-22(26)19-28(2)3/h6,8-9,11-12,17-18,22,26H,4-5,7,10,13-16,19H2,1-3H3/t22-,26-/m0/s1. The van der Waals surface area contributed by atoms with Crippen molar-refractivity contribution in [3.63, 3.8) is 0 Å². The summed E-state index contributed by atoms with van der Waals surface area (Å²) in [5.41, 5.74) is 3.99. The number of carbonyl (C=O) groups excluding carboxylic acids is 1. The fraction of sp³-hybridized carbons (Fsp3) is 0.519. The summed E-state index contributed by atoms with van der Waals surface area (Å²) in [6.45, 7) is 6.33. The van der Waals surface area contributed by atoms with E-state index in [1.54, 1.807) is 0 Å². The number of hydrogen-bond donors (Lipinski definition) is 0. The molecular weight excluding hydrogens is 400 g/mol. The Balaban J connectivity index is 1.46. The number of anilines is 1. The molecule has 0 unspecified atom stereocenters. The van der Waals surface area contributed by atoms with Crippen LogP contribution in [0.5, 0.6) is 5.75 Å². The maximum Gasteiger partial charge on any atom is 0.343 e. The zero-order valence-corrected chi connectivity index (χ0v) is 19.7. The summed E-state index contributed by atoms with van der Waals surface area (Å²) in [5.74, 6) is 1.53. The topological polar surface area (TPSA) is 42.0 Å². The first-order valence-electron chi connectivity index (χ1n) is 11.9. The maximum atomic E-state index is 13.0. The molecule has 2 atom stereocenters. The van der Waals surface area contributed by atoms with Gasteiger partial charge in [-0.05, 0) is 87.2 Å². The van der Waals surface area contributed by atoms with E-state index in [0.717, 1.165) is 44.1 Å². The Labute approximate surface area is 192 Å². The number of benzene rings is 2. The van der Waals surface area contributed by atoms with Gasteiger partial charge in [-0.3, -0.25) is 0 Å². The first-order chi connectivity index (χ1) is 15.5. The zero-order chi connectivity index (χ0) is 22.5. The minimum atomic E-state index is -0.290. The molecule has 2 aliphatic rings. The monoisotopic (exact) mass is 436 g/mol. The van der Waals surface area contributed by atoms with Crippen molar-refractivity contribution in [3.05, 3.63) is 59.2 Å². The van der Waals surface area contributed by atoms with Crippen molar-refractivity contribution in [2.24, 2.45) is 5.92 Å². The molecular formula is C27H36N2O3. The van der Waals surface area contributed by atoms with Crippen LogP contribution in [0, 0.1) is 12.8 Å². The zero-order valence-electron chi connectivity index (χ0n) is 19.7. The third-order valence-corrected chi connectivity index (χ3v) is 6.81. The third kappa shape index (κ3) is 5.51. The number of esters is 1. The van der Waals surface area contributed by atoms with E-state index in [4.69, 9.17) is 9.47 Å². The summed E-state index contributed by atoms with van der Waals surface area (Å²) in [5, 5.41) is 0. The number of carbonyl (C=O) groups is 1. The SMILES string of the molecule is Cc1cc(N2CCOCC2)ccc1C(=O)Oc1cccc([C@@H]2CCCC[C@H]2CN(C)C)c1. The molecule has 0 radical (unpaired) electrons. The van der Waals surface area contributed by atoms with Gasteiger partial charge in [0.05, 0.1) is 18.8 Å². The van der Waals surface area contributed by atoms with Crippen LogP contribution >= 0.6 is 0 Å². The van der Waals surface area contributed by atoms with Crippen molar-refractivity contribution in [2.75, 3.05) is 51.8 Å². The van der Waals surface area contributed by atoms with Gasteiger partial charge in [-0.15, -0.1) is 0 Å². The van der Waals surface area contributed by atoms with E-state index < -0.39 is 0 Å². The highest BCUT2D eigenvalue weighted by atomic mass is 16.5. The second-order valence-electron chi connectivity index (χ2n) is 9.47. The van der Waals surface area contributed by atoms with Crippen LogP contribution in [0.2, 0.25) is 0 Å². The van der Waals surface area contributed by atoms with E-state index in [-0.39, 0.29) is 5.97 Å². The summed E-state index contributed by atoms with van der Waals surface area (Å²) in [4.78, 5) is 17.5. The van der Waals surface area contributed by atoms with Gasteiger partial charge in [-0.25, -0.2) is 4.79 Å². The lowest BCUT2D eigenvalue weighted by Crippen LogP contribution is -2.36. The van der Waals surface area contributed by atoms with Crippen molar-refractivity contribution in [3.8, 4) is 5.75 Å². The van der Waals surface area contributed by atoms with E-state index in [1.165, 1.54) is 31.2 Å². The second kappa shape index (κ2) is 10.5. The number of hydrogen-bond acceptors (Lipinski definition) is 5. The molecule has 172 valence electrons. The van der Waals surface area contributed by atoms with Gasteiger partial charge < -0.3 is 19.3 Å². The fourth-order valence-electron chi connectivity index (χ4n) is 5.20. The summed E-state index contributed by atoms with van der Waals surface area (Å²) in [7, 11) is 4.30. The minimum absolute atomic E-state index is 0.290. The molecule has 2 aromatic carbocycles. The van der Waals surface area contributed by atoms with Crippen molar-refractivity contribution in [1.82, 2.24) is 4.90 Å². The van der Waals surface area contributed by atoms with Crippen LogP contribution in [0.4, 0.5) is 5.69 Å². The molecule has 1 aliphatic carbocycles. The van der Waals surface area contributed by atoms with Gasteiger partial charge in [0.25, 0.3) is 0 Å². The molecule has 0 aromatic heterocycles. The van der Waals surface area contributed by atoms with Crippen LogP contribution in [0.3, 0.4) is 0 Å². The normalized spacial score (nSPS) is 21.6. The van der Waals surface area contributed by atoms with Crippen molar-refractivity contribution < 1.29 is 14.3 Å². The maximum absolute atomic E-state index is 13.0. The number of morpholine rings is 1. The minimum Gasteiger partial charge on any atom is -0.423 e. The average Bonchev–Trinajstić information content (AvgIpc) is 2.79. The largest absolute Gasteiger partial charge is 0.423 e. The summed E-state index contributed by atoms with van der Waals surface area (Å²) in [6, 6.07) is 14.2. The molecule has 0 spiro atoms. The Morgan fingerprint density at radius 2 is 1.88 bits per heavy atom. The van der Waals surface area contributed by atoms with Crippen LogP contribution in [0.15, 0.2) is 42.5 Å². The first kappa shape index (κ1) is 22.8. The lowest BCUT2D eigenvalue weighted by molar-refractivity contribution is 0.0733. The Morgan fingerprint density at radius 3 is 2.62 bits per heavy atom. The van der Waals surface area contributed by atoms with Crippen LogP contribution in [-0.2, 0) is 4.74 Å².